The van der Waals surface area contributed by atoms with Gasteiger partial charge >= 0.3 is 0 Å². The quantitative estimate of drug-likeness (QED) is 0.902. The first kappa shape index (κ1) is 16.1. The van der Waals surface area contributed by atoms with Crippen molar-refractivity contribution in [2.75, 3.05) is 13.2 Å². The Hall–Kier alpha value is -1.76. The van der Waals surface area contributed by atoms with Crippen LogP contribution in [-0.2, 0) is 9.53 Å². The van der Waals surface area contributed by atoms with Crippen molar-refractivity contribution < 1.29 is 9.53 Å². The summed E-state index contributed by atoms with van der Waals surface area (Å²) in [7, 11) is 0. The number of hydrogen-bond donors (Lipinski definition) is 2. The number of carbonyl (C=O) groups is 1. The molecule has 3 N–H and O–H groups in total. The number of aromatic nitrogens is 1. The third kappa shape index (κ3) is 3.60. The maximum atomic E-state index is 12.5. The Morgan fingerprint density at radius 1 is 1.35 bits per heavy atom. The predicted molar refractivity (Wildman–Crippen MR) is 91.1 cm³/mol. The van der Waals surface area contributed by atoms with Gasteiger partial charge in [-0.1, -0.05) is 30.3 Å². The molecule has 1 aromatic carbocycles. The summed E-state index contributed by atoms with van der Waals surface area (Å²) in [6, 6.07) is 9.85. The maximum absolute atomic E-state index is 12.5. The van der Waals surface area contributed by atoms with Crippen LogP contribution in [0.5, 0.6) is 0 Å². The molecular weight excluding hydrogens is 310 g/mol. The predicted octanol–water partition coefficient (Wildman–Crippen LogP) is 2.50. The Labute approximate surface area is 139 Å². The first-order valence-electron chi connectivity index (χ1n) is 7.77. The summed E-state index contributed by atoms with van der Waals surface area (Å²) < 4.78 is 5.29. The van der Waals surface area contributed by atoms with Gasteiger partial charge in [-0.05, 0) is 19.8 Å². The van der Waals surface area contributed by atoms with Crippen LogP contribution in [0, 0.1) is 0 Å². The second-order valence-corrected chi connectivity index (χ2v) is 6.79. The second-order valence-electron chi connectivity index (χ2n) is 5.90. The largest absolute Gasteiger partial charge is 0.381 e. The highest BCUT2D eigenvalue weighted by molar-refractivity contribution is 7.10. The molecule has 0 radical (unpaired) electrons. The van der Waals surface area contributed by atoms with Crippen LogP contribution in [0.2, 0.25) is 0 Å². The third-order valence-electron chi connectivity index (χ3n) is 4.15. The van der Waals surface area contributed by atoms with Gasteiger partial charge in [0.2, 0.25) is 5.91 Å². The lowest BCUT2D eigenvalue weighted by atomic mass is 9.90. The minimum atomic E-state index is -0.827. The zero-order chi connectivity index (χ0) is 16.3. The molecule has 1 fully saturated rings. The van der Waals surface area contributed by atoms with Crippen LogP contribution in [0.3, 0.4) is 0 Å². The van der Waals surface area contributed by atoms with E-state index < -0.39 is 5.54 Å². The number of ether oxygens (including phenoxy) is 1. The van der Waals surface area contributed by atoms with E-state index in [0.717, 1.165) is 16.3 Å². The van der Waals surface area contributed by atoms with Crippen molar-refractivity contribution in [2.24, 2.45) is 5.73 Å². The molecule has 1 amide bonds. The molecule has 122 valence electrons. The lowest BCUT2D eigenvalue weighted by Crippen LogP contribution is -2.57. The fraction of sp³-hybridized carbons (Fsp3) is 0.412. The van der Waals surface area contributed by atoms with Gasteiger partial charge in [0.25, 0.3) is 0 Å². The van der Waals surface area contributed by atoms with Gasteiger partial charge in [-0.15, -0.1) is 11.3 Å². The molecule has 23 heavy (non-hydrogen) atoms. The summed E-state index contributed by atoms with van der Waals surface area (Å²) in [6.45, 7) is 3.01. The number of nitrogens with one attached hydrogen (secondary N) is 1. The molecule has 0 saturated carbocycles. The van der Waals surface area contributed by atoms with Crippen LogP contribution < -0.4 is 11.1 Å². The Balaban J connectivity index is 1.68. The highest BCUT2D eigenvalue weighted by Gasteiger charge is 2.36. The Morgan fingerprint density at radius 3 is 2.74 bits per heavy atom. The van der Waals surface area contributed by atoms with E-state index in [1.165, 1.54) is 0 Å². The molecule has 0 bridgehead atoms. The second kappa shape index (κ2) is 6.78. The van der Waals surface area contributed by atoms with Gasteiger partial charge < -0.3 is 15.8 Å². The number of carbonyl (C=O) groups excluding carboxylic acids is 1. The average Bonchev–Trinajstić information content (AvgIpc) is 3.06. The summed E-state index contributed by atoms with van der Waals surface area (Å²) in [4.78, 5) is 17.1. The molecule has 3 rings (SSSR count). The molecule has 1 aliphatic rings. The van der Waals surface area contributed by atoms with Crippen LogP contribution in [-0.4, -0.2) is 29.6 Å². The number of amides is 1. The maximum Gasteiger partial charge on any atom is 0.240 e. The summed E-state index contributed by atoms with van der Waals surface area (Å²) in [5.74, 6) is -0.121. The monoisotopic (exact) mass is 331 g/mol. The minimum Gasteiger partial charge on any atom is -0.381 e. The van der Waals surface area contributed by atoms with Crippen LogP contribution in [0.4, 0.5) is 0 Å². The fourth-order valence-corrected chi connectivity index (χ4v) is 3.43. The van der Waals surface area contributed by atoms with Crippen molar-refractivity contribution in [1.82, 2.24) is 10.3 Å². The molecule has 6 heteroatoms. The van der Waals surface area contributed by atoms with E-state index in [-0.39, 0.29) is 11.9 Å². The number of nitrogens with two attached hydrogens (primary N) is 1. The average molecular weight is 331 g/mol. The first-order valence-corrected chi connectivity index (χ1v) is 8.65. The van der Waals surface area contributed by atoms with E-state index in [0.29, 0.717) is 26.1 Å². The standard InChI is InChI=1S/C17H21N3O2S/c1-12(19-16(21)17(18)7-9-22-10-8-17)15-20-14(11-23-15)13-5-3-2-4-6-13/h2-6,11-12H,7-10,18H2,1H3,(H,19,21). The topological polar surface area (TPSA) is 77.2 Å². The van der Waals surface area contributed by atoms with Gasteiger partial charge in [0.1, 0.15) is 5.01 Å². The molecule has 2 aromatic rings. The first-order chi connectivity index (χ1) is 11.1. The molecule has 5 nitrogen and oxygen atoms in total. The van der Waals surface area contributed by atoms with Gasteiger partial charge in [-0.2, -0.15) is 0 Å². The van der Waals surface area contributed by atoms with Gasteiger partial charge in [0.15, 0.2) is 0 Å². The van der Waals surface area contributed by atoms with E-state index in [1.54, 1.807) is 11.3 Å². The van der Waals surface area contributed by atoms with Gasteiger partial charge in [-0.25, -0.2) is 4.98 Å². The number of nitrogens with zero attached hydrogens (tertiary/aromatic N) is 1. The summed E-state index contributed by atoms with van der Waals surface area (Å²) in [5, 5.41) is 5.90. The summed E-state index contributed by atoms with van der Waals surface area (Å²) in [5.41, 5.74) is 7.40. The Bertz CT molecular complexity index is 665. The zero-order valence-corrected chi connectivity index (χ0v) is 13.9. The van der Waals surface area contributed by atoms with E-state index in [2.05, 4.69) is 10.3 Å². The van der Waals surface area contributed by atoms with Crippen LogP contribution in [0.1, 0.15) is 30.8 Å². The molecular formula is C17H21N3O2S. The number of thiazole rings is 1. The van der Waals surface area contributed by atoms with E-state index >= 15 is 0 Å². The molecule has 1 aliphatic heterocycles. The van der Waals surface area contributed by atoms with Crippen molar-refractivity contribution >= 4 is 17.2 Å². The number of rotatable bonds is 4. The van der Waals surface area contributed by atoms with Crippen LogP contribution >= 0.6 is 11.3 Å². The smallest absolute Gasteiger partial charge is 0.240 e. The van der Waals surface area contributed by atoms with Crippen molar-refractivity contribution in [3.05, 3.63) is 40.7 Å². The molecule has 2 heterocycles. The highest BCUT2D eigenvalue weighted by atomic mass is 32.1. The van der Waals surface area contributed by atoms with Crippen molar-refractivity contribution in [3.63, 3.8) is 0 Å². The van der Waals surface area contributed by atoms with Crippen molar-refractivity contribution in [3.8, 4) is 11.3 Å². The molecule has 0 aliphatic carbocycles. The van der Waals surface area contributed by atoms with E-state index in [4.69, 9.17) is 10.5 Å². The fourth-order valence-electron chi connectivity index (χ4n) is 2.59. The third-order valence-corrected chi connectivity index (χ3v) is 5.17. The highest BCUT2D eigenvalue weighted by Crippen LogP contribution is 2.26. The minimum absolute atomic E-state index is 0.121. The van der Waals surface area contributed by atoms with Gasteiger partial charge in [0, 0.05) is 24.2 Å². The van der Waals surface area contributed by atoms with Crippen molar-refractivity contribution in [1.29, 1.82) is 0 Å². The Kier molecular flexibility index (Phi) is 4.75. The number of hydrogen-bond acceptors (Lipinski definition) is 5. The lowest BCUT2D eigenvalue weighted by molar-refractivity contribution is -0.130. The van der Waals surface area contributed by atoms with E-state index in [1.807, 2.05) is 42.6 Å². The Morgan fingerprint density at radius 2 is 2.04 bits per heavy atom. The molecule has 1 aromatic heterocycles. The number of benzene rings is 1. The summed E-state index contributed by atoms with van der Waals surface area (Å²) in [6.07, 6.45) is 1.11. The zero-order valence-electron chi connectivity index (χ0n) is 13.1. The van der Waals surface area contributed by atoms with Crippen molar-refractivity contribution in [2.45, 2.75) is 31.3 Å². The van der Waals surface area contributed by atoms with Gasteiger partial charge in [-0.3, -0.25) is 4.79 Å². The van der Waals surface area contributed by atoms with Crippen LogP contribution in [0.25, 0.3) is 11.3 Å². The molecule has 1 unspecified atom stereocenters. The molecule has 1 saturated heterocycles. The van der Waals surface area contributed by atoms with Crippen LogP contribution in [0.15, 0.2) is 35.7 Å². The molecule has 0 spiro atoms. The normalized spacial score (nSPS) is 18.3. The van der Waals surface area contributed by atoms with E-state index in [9.17, 15) is 4.79 Å². The SMILES string of the molecule is CC(NC(=O)C1(N)CCOCC1)c1nc(-c2ccccc2)cs1. The summed E-state index contributed by atoms with van der Waals surface area (Å²) >= 11 is 1.55. The van der Waals surface area contributed by atoms with Gasteiger partial charge in [0.05, 0.1) is 17.3 Å². The molecule has 1 atom stereocenters. The lowest BCUT2D eigenvalue weighted by Gasteiger charge is -2.32.